The third-order valence-electron chi connectivity index (χ3n) is 3.74. The standard InChI is InChI=1S/C11H21NO2S/c1-2-4-11(5-6-11)9-12-10-3-7-15(13,14)8-10/h10,12H,2-9H2,1H3. The van der Waals surface area contributed by atoms with E-state index in [9.17, 15) is 8.42 Å². The van der Waals surface area contributed by atoms with Crippen molar-refractivity contribution in [1.29, 1.82) is 0 Å². The van der Waals surface area contributed by atoms with E-state index in [1.165, 1.54) is 25.7 Å². The maximum atomic E-state index is 11.3. The molecule has 1 aliphatic heterocycles. The van der Waals surface area contributed by atoms with Gasteiger partial charge in [-0.15, -0.1) is 0 Å². The first-order chi connectivity index (χ1) is 7.05. The number of hydrogen-bond donors (Lipinski definition) is 1. The molecule has 2 rings (SSSR count). The van der Waals surface area contributed by atoms with Crippen molar-refractivity contribution in [3.05, 3.63) is 0 Å². The summed E-state index contributed by atoms with van der Waals surface area (Å²) in [5.41, 5.74) is 0.529. The molecule has 3 nitrogen and oxygen atoms in total. The van der Waals surface area contributed by atoms with Gasteiger partial charge in [-0.05, 0) is 31.1 Å². The van der Waals surface area contributed by atoms with Crippen molar-refractivity contribution in [1.82, 2.24) is 5.32 Å². The molecule has 1 atom stereocenters. The Bertz CT molecular complexity index is 319. The summed E-state index contributed by atoms with van der Waals surface area (Å²) in [6, 6.07) is 0.226. The fraction of sp³-hybridized carbons (Fsp3) is 1.00. The average Bonchev–Trinajstić information content (AvgIpc) is 2.83. The number of nitrogens with one attached hydrogen (secondary N) is 1. The van der Waals surface area contributed by atoms with Crippen LogP contribution in [0.4, 0.5) is 0 Å². The van der Waals surface area contributed by atoms with Gasteiger partial charge in [-0.1, -0.05) is 13.3 Å². The van der Waals surface area contributed by atoms with Crippen molar-refractivity contribution in [3.63, 3.8) is 0 Å². The molecule has 2 aliphatic rings. The molecule has 0 aromatic carbocycles. The van der Waals surface area contributed by atoms with Crippen molar-refractivity contribution < 1.29 is 8.42 Å². The highest BCUT2D eigenvalue weighted by Gasteiger charge is 2.42. The van der Waals surface area contributed by atoms with Gasteiger partial charge in [-0.2, -0.15) is 0 Å². The summed E-state index contributed by atoms with van der Waals surface area (Å²) in [5.74, 6) is 0.737. The Morgan fingerprint density at radius 2 is 2.13 bits per heavy atom. The zero-order valence-corrected chi connectivity index (χ0v) is 10.3. The van der Waals surface area contributed by atoms with Crippen molar-refractivity contribution in [2.75, 3.05) is 18.1 Å². The molecule has 1 unspecified atom stereocenters. The fourth-order valence-corrected chi connectivity index (χ4v) is 4.25. The number of hydrogen-bond acceptors (Lipinski definition) is 3. The minimum Gasteiger partial charge on any atom is -0.312 e. The average molecular weight is 231 g/mol. The summed E-state index contributed by atoms with van der Waals surface area (Å²) in [6.45, 7) is 3.25. The molecule has 2 fully saturated rings. The molecule has 88 valence electrons. The first kappa shape index (κ1) is 11.4. The molecular formula is C11H21NO2S. The molecule has 4 heteroatoms. The quantitative estimate of drug-likeness (QED) is 0.777. The van der Waals surface area contributed by atoms with Crippen LogP contribution >= 0.6 is 0 Å². The van der Waals surface area contributed by atoms with E-state index in [0.717, 1.165) is 13.0 Å². The molecule has 1 saturated heterocycles. The lowest BCUT2D eigenvalue weighted by Gasteiger charge is -2.18. The highest BCUT2D eigenvalue weighted by molar-refractivity contribution is 7.91. The highest BCUT2D eigenvalue weighted by atomic mass is 32.2. The van der Waals surface area contributed by atoms with Crippen molar-refractivity contribution in [2.24, 2.45) is 5.41 Å². The van der Waals surface area contributed by atoms with Gasteiger partial charge in [0.25, 0.3) is 0 Å². The topological polar surface area (TPSA) is 46.2 Å². The second-order valence-electron chi connectivity index (χ2n) is 5.23. The molecule has 1 aliphatic carbocycles. The van der Waals surface area contributed by atoms with Gasteiger partial charge in [0.05, 0.1) is 11.5 Å². The molecule has 0 amide bonds. The van der Waals surface area contributed by atoms with Crippen molar-refractivity contribution in [3.8, 4) is 0 Å². The maximum absolute atomic E-state index is 11.3. The zero-order valence-electron chi connectivity index (χ0n) is 9.46. The Balaban J connectivity index is 1.75. The van der Waals surface area contributed by atoms with Crippen LogP contribution in [0.2, 0.25) is 0 Å². The van der Waals surface area contributed by atoms with E-state index in [4.69, 9.17) is 0 Å². The predicted molar refractivity (Wildman–Crippen MR) is 61.6 cm³/mol. The Labute approximate surface area is 92.6 Å². The van der Waals surface area contributed by atoms with Crippen molar-refractivity contribution >= 4 is 9.84 Å². The third-order valence-corrected chi connectivity index (χ3v) is 5.50. The van der Waals surface area contributed by atoms with Crippen LogP contribution in [0.25, 0.3) is 0 Å². The molecule has 0 spiro atoms. The molecule has 15 heavy (non-hydrogen) atoms. The van der Waals surface area contributed by atoms with E-state index in [1.807, 2.05) is 0 Å². The van der Waals surface area contributed by atoms with E-state index in [-0.39, 0.29) is 6.04 Å². The maximum Gasteiger partial charge on any atom is 0.151 e. The summed E-state index contributed by atoms with van der Waals surface area (Å²) in [7, 11) is -2.72. The summed E-state index contributed by atoms with van der Waals surface area (Å²) in [5, 5.41) is 3.45. The van der Waals surface area contributed by atoms with Gasteiger partial charge in [0.1, 0.15) is 0 Å². The SMILES string of the molecule is CCCC1(CNC2CCS(=O)(=O)C2)CC1. The fourth-order valence-electron chi connectivity index (χ4n) is 2.54. The lowest BCUT2D eigenvalue weighted by molar-refractivity contribution is 0.395. The van der Waals surface area contributed by atoms with Crippen LogP contribution in [0, 0.1) is 5.41 Å². The van der Waals surface area contributed by atoms with Gasteiger partial charge in [0, 0.05) is 12.6 Å². The zero-order chi connectivity index (χ0) is 10.9. The van der Waals surface area contributed by atoms with Crippen LogP contribution in [0.15, 0.2) is 0 Å². The van der Waals surface area contributed by atoms with E-state index < -0.39 is 9.84 Å². The van der Waals surface area contributed by atoms with Crippen LogP contribution in [0.1, 0.15) is 39.0 Å². The molecule has 1 saturated carbocycles. The Hall–Kier alpha value is -0.0900. The number of rotatable bonds is 5. The Morgan fingerprint density at radius 1 is 1.40 bits per heavy atom. The molecule has 1 N–H and O–H groups in total. The normalized spacial score (nSPS) is 31.7. The van der Waals surface area contributed by atoms with Gasteiger partial charge >= 0.3 is 0 Å². The van der Waals surface area contributed by atoms with Crippen LogP contribution in [-0.2, 0) is 9.84 Å². The molecule has 0 aromatic rings. The lowest BCUT2D eigenvalue weighted by atomic mass is 10.0. The first-order valence-electron chi connectivity index (χ1n) is 5.99. The second-order valence-corrected chi connectivity index (χ2v) is 7.46. The molecule has 0 radical (unpaired) electrons. The summed E-state index contributed by atoms with van der Waals surface area (Å²) in [6.07, 6.45) is 6.00. The smallest absolute Gasteiger partial charge is 0.151 e. The van der Waals surface area contributed by atoms with Gasteiger partial charge in [-0.3, -0.25) is 0 Å². The van der Waals surface area contributed by atoms with Crippen molar-refractivity contribution in [2.45, 2.75) is 45.1 Å². The molecular weight excluding hydrogens is 210 g/mol. The summed E-state index contributed by atoms with van der Waals surface area (Å²) >= 11 is 0. The van der Waals surface area contributed by atoms with Crippen LogP contribution in [0.5, 0.6) is 0 Å². The lowest BCUT2D eigenvalue weighted by Crippen LogP contribution is -2.34. The Kier molecular flexibility index (Phi) is 3.08. The third kappa shape index (κ3) is 2.94. The van der Waals surface area contributed by atoms with Gasteiger partial charge in [0.2, 0.25) is 0 Å². The monoisotopic (exact) mass is 231 g/mol. The molecule has 0 bridgehead atoms. The molecule has 1 heterocycles. The van der Waals surface area contributed by atoms with Crippen LogP contribution in [-0.4, -0.2) is 32.5 Å². The number of sulfone groups is 1. The van der Waals surface area contributed by atoms with E-state index in [1.54, 1.807) is 0 Å². The van der Waals surface area contributed by atoms with E-state index >= 15 is 0 Å². The van der Waals surface area contributed by atoms with Gasteiger partial charge in [0.15, 0.2) is 9.84 Å². The van der Waals surface area contributed by atoms with Crippen LogP contribution < -0.4 is 5.32 Å². The molecule has 0 aromatic heterocycles. The first-order valence-corrected chi connectivity index (χ1v) is 7.81. The highest BCUT2D eigenvalue weighted by Crippen LogP contribution is 2.49. The minimum atomic E-state index is -2.72. The summed E-state index contributed by atoms with van der Waals surface area (Å²) < 4.78 is 22.5. The van der Waals surface area contributed by atoms with Gasteiger partial charge in [-0.25, -0.2) is 8.42 Å². The largest absolute Gasteiger partial charge is 0.312 e. The van der Waals surface area contributed by atoms with Gasteiger partial charge < -0.3 is 5.32 Å². The van der Waals surface area contributed by atoms with Crippen LogP contribution in [0.3, 0.4) is 0 Å². The second kappa shape index (κ2) is 4.06. The summed E-state index contributed by atoms with van der Waals surface area (Å²) in [4.78, 5) is 0. The van der Waals surface area contributed by atoms with E-state index in [0.29, 0.717) is 16.9 Å². The Morgan fingerprint density at radius 3 is 2.60 bits per heavy atom. The predicted octanol–water partition coefficient (Wildman–Crippen LogP) is 1.34. The minimum absolute atomic E-state index is 0.226. The van der Waals surface area contributed by atoms with E-state index in [2.05, 4.69) is 12.2 Å².